The Bertz CT molecular complexity index is 729. The third-order valence-corrected chi connectivity index (χ3v) is 6.84. The van der Waals surface area contributed by atoms with Gasteiger partial charge in [-0.2, -0.15) is 0 Å². The second kappa shape index (κ2) is 5.96. The molecule has 1 amide bonds. The molecule has 0 bridgehead atoms. The molecule has 126 valence electrons. The van der Waals surface area contributed by atoms with E-state index in [0.29, 0.717) is 23.9 Å². The average Bonchev–Trinajstić information content (AvgIpc) is 2.89. The van der Waals surface area contributed by atoms with Crippen LogP contribution in [0, 0.1) is 0 Å². The fourth-order valence-corrected chi connectivity index (χ4v) is 4.71. The number of sulfone groups is 1. The molecule has 2 N–H and O–H groups in total. The Balaban J connectivity index is 1.86. The molecule has 0 aliphatic carbocycles. The summed E-state index contributed by atoms with van der Waals surface area (Å²) in [6.45, 7) is 1.29. The Hall–Kier alpha value is -1.31. The number of ether oxygens (including phenoxy) is 1. The fraction of sp³-hybridized carbons (Fsp3) is 0.533. The van der Waals surface area contributed by atoms with Crippen LogP contribution in [0.3, 0.4) is 0 Å². The zero-order chi connectivity index (χ0) is 16.7. The first-order valence-electron chi connectivity index (χ1n) is 7.47. The number of hydrogen-bond donors (Lipinski definition) is 2. The molecule has 1 aromatic carbocycles. The number of nitrogens with one attached hydrogen (secondary N) is 2. The van der Waals surface area contributed by atoms with Crippen LogP contribution in [-0.2, 0) is 14.6 Å². The maximum atomic E-state index is 12.8. The van der Waals surface area contributed by atoms with Crippen molar-refractivity contribution in [2.24, 2.45) is 0 Å². The van der Waals surface area contributed by atoms with E-state index in [4.69, 9.17) is 16.3 Å². The van der Waals surface area contributed by atoms with Crippen molar-refractivity contribution in [2.75, 3.05) is 26.0 Å². The Labute approximate surface area is 140 Å². The number of carbonyl (C=O) groups is 1. The number of hydrogen-bond acceptors (Lipinski definition) is 5. The predicted molar refractivity (Wildman–Crippen MR) is 87.5 cm³/mol. The van der Waals surface area contributed by atoms with Crippen molar-refractivity contribution >= 4 is 27.3 Å². The molecular weight excluding hydrogens is 340 g/mol. The standard InChI is InChI=1S/C15H19ClN2O4S/c1-23(20,21)15(4-6-17-7-5-15)14(19)18-12-9-22-13-3-2-10(16)8-11(12)13/h2-3,8,12,17H,4-7,9H2,1H3,(H,18,19). The number of rotatable bonds is 3. The summed E-state index contributed by atoms with van der Waals surface area (Å²) >= 11 is 6.00. The number of halogens is 1. The first-order chi connectivity index (χ1) is 10.8. The van der Waals surface area contributed by atoms with Crippen LogP contribution in [0.15, 0.2) is 18.2 Å². The van der Waals surface area contributed by atoms with Gasteiger partial charge in [-0.25, -0.2) is 8.42 Å². The summed E-state index contributed by atoms with van der Waals surface area (Å²) < 4.78 is 28.7. The molecule has 0 saturated carbocycles. The van der Waals surface area contributed by atoms with Gasteiger partial charge in [0, 0.05) is 16.8 Å². The van der Waals surface area contributed by atoms with Gasteiger partial charge in [-0.05, 0) is 44.1 Å². The second-order valence-corrected chi connectivity index (χ2v) is 8.80. The van der Waals surface area contributed by atoms with Crippen LogP contribution >= 0.6 is 11.6 Å². The van der Waals surface area contributed by atoms with Crippen LogP contribution in [0.4, 0.5) is 0 Å². The van der Waals surface area contributed by atoms with E-state index in [0.717, 1.165) is 11.8 Å². The zero-order valence-electron chi connectivity index (χ0n) is 12.8. The third kappa shape index (κ3) is 2.93. The zero-order valence-corrected chi connectivity index (χ0v) is 14.3. The van der Waals surface area contributed by atoms with Crippen LogP contribution in [0.25, 0.3) is 0 Å². The fourth-order valence-electron chi connectivity index (χ4n) is 3.19. The lowest BCUT2D eigenvalue weighted by atomic mass is 9.95. The molecule has 1 fully saturated rings. The topological polar surface area (TPSA) is 84.5 Å². The molecule has 6 nitrogen and oxygen atoms in total. The van der Waals surface area contributed by atoms with E-state index in [1.165, 1.54) is 0 Å². The van der Waals surface area contributed by atoms with Gasteiger partial charge in [0.1, 0.15) is 12.4 Å². The summed E-state index contributed by atoms with van der Waals surface area (Å²) in [5.41, 5.74) is 0.781. The minimum absolute atomic E-state index is 0.271. The van der Waals surface area contributed by atoms with Crippen molar-refractivity contribution in [3.8, 4) is 5.75 Å². The Morgan fingerprint density at radius 1 is 1.39 bits per heavy atom. The normalized spacial score (nSPS) is 23.0. The summed E-state index contributed by atoms with van der Waals surface area (Å²) in [4.78, 5) is 12.8. The van der Waals surface area contributed by atoms with E-state index in [1.54, 1.807) is 18.2 Å². The molecule has 1 unspecified atom stereocenters. The predicted octanol–water partition coefficient (Wildman–Crippen LogP) is 1.06. The molecule has 1 saturated heterocycles. The highest BCUT2D eigenvalue weighted by molar-refractivity contribution is 7.92. The van der Waals surface area contributed by atoms with E-state index in [2.05, 4.69) is 10.6 Å². The molecule has 23 heavy (non-hydrogen) atoms. The van der Waals surface area contributed by atoms with Crippen LogP contribution in [0.2, 0.25) is 5.02 Å². The van der Waals surface area contributed by atoms with Crippen molar-refractivity contribution in [2.45, 2.75) is 23.6 Å². The number of piperidine rings is 1. The lowest BCUT2D eigenvalue weighted by molar-refractivity contribution is -0.125. The van der Waals surface area contributed by atoms with Crippen LogP contribution in [-0.4, -0.2) is 45.0 Å². The van der Waals surface area contributed by atoms with Crippen molar-refractivity contribution in [1.82, 2.24) is 10.6 Å². The highest BCUT2D eigenvalue weighted by Crippen LogP contribution is 2.36. The molecule has 1 atom stereocenters. The van der Waals surface area contributed by atoms with E-state index < -0.39 is 20.5 Å². The minimum Gasteiger partial charge on any atom is -0.491 e. The van der Waals surface area contributed by atoms with Crippen molar-refractivity contribution in [3.63, 3.8) is 0 Å². The van der Waals surface area contributed by atoms with Crippen molar-refractivity contribution in [3.05, 3.63) is 28.8 Å². The van der Waals surface area contributed by atoms with Crippen molar-refractivity contribution < 1.29 is 17.9 Å². The van der Waals surface area contributed by atoms with Gasteiger partial charge in [0.25, 0.3) is 0 Å². The van der Waals surface area contributed by atoms with Gasteiger partial charge in [-0.3, -0.25) is 4.79 Å². The highest BCUT2D eigenvalue weighted by atomic mass is 35.5. The highest BCUT2D eigenvalue weighted by Gasteiger charge is 2.49. The molecule has 0 spiro atoms. The molecular formula is C15H19ClN2O4S. The number of carbonyl (C=O) groups excluding carboxylic acids is 1. The molecule has 1 aromatic rings. The second-order valence-electron chi connectivity index (χ2n) is 6.04. The van der Waals surface area contributed by atoms with Gasteiger partial charge in [0.15, 0.2) is 14.6 Å². The van der Waals surface area contributed by atoms with E-state index >= 15 is 0 Å². The summed E-state index contributed by atoms with van der Waals surface area (Å²) in [6, 6.07) is 4.82. The third-order valence-electron chi connectivity index (χ3n) is 4.59. The maximum Gasteiger partial charge on any atom is 0.242 e. The lowest BCUT2D eigenvalue weighted by Gasteiger charge is -2.35. The average molecular weight is 359 g/mol. The van der Waals surface area contributed by atoms with E-state index in [-0.39, 0.29) is 25.5 Å². The summed E-state index contributed by atoms with van der Waals surface area (Å²) in [5, 5.41) is 6.50. The molecule has 3 rings (SSSR count). The lowest BCUT2D eigenvalue weighted by Crippen LogP contribution is -2.57. The number of benzene rings is 1. The largest absolute Gasteiger partial charge is 0.491 e. The van der Waals surface area contributed by atoms with Crippen LogP contribution in [0.5, 0.6) is 5.75 Å². The Morgan fingerprint density at radius 2 is 2.09 bits per heavy atom. The molecule has 8 heteroatoms. The first kappa shape index (κ1) is 16.5. The summed E-state index contributed by atoms with van der Waals surface area (Å²) in [7, 11) is -3.53. The van der Waals surface area contributed by atoms with Gasteiger partial charge in [0.2, 0.25) is 5.91 Å². The van der Waals surface area contributed by atoms with Crippen molar-refractivity contribution in [1.29, 1.82) is 0 Å². The molecule has 2 heterocycles. The van der Waals surface area contributed by atoms with Gasteiger partial charge in [-0.1, -0.05) is 11.6 Å². The molecule has 0 radical (unpaired) electrons. The summed E-state index contributed by atoms with van der Waals surface area (Å²) in [5.74, 6) is 0.210. The minimum atomic E-state index is -3.53. The Kier molecular flexibility index (Phi) is 4.29. The van der Waals surface area contributed by atoms with E-state index in [9.17, 15) is 13.2 Å². The SMILES string of the molecule is CS(=O)(=O)C1(C(=O)NC2COc3ccc(Cl)cc32)CCNCC1. The first-order valence-corrected chi connectivity index (χ1v) is 9.74. The van der Waals surface area contributed by atoms with Crippen LogP contribution < -0.4 is 15.4 Å². The van der Waals surface area contributed by atoms with E-state index in [1.807, 2.05) is 0 Å². The summed E-state index contributed by atoms with van der Waals surface area (Å²) in [6.07, 6.45) is 1.68. The number of amides is 1. The monoisotopic (exact) mass is 358 g/mol. The molecule has 2 aliphatic heterocycles. The molecule has 2 aliphatic rings. The van der Waals surface area contributed by atoms with Gasteiger partial charge >= 0.3 is 0 Å². The van der Waals surface area contributed by atoms with Gasteiger partial charge < -0.3 is 15.4 Å². The smallest absolute Gasteiger partial charge is 0.242 e. The quantitative estimate of drug-likeness (QED) is 0.844. The Morgan fingerprint density at radius 3 is 2.74 bits per heavy atom. The van der Waals surface area contributed by atoms with Crippen LogP contribution in [0.1, 0.15) is 24.4 Å². The number of fused-ring (bicyclic) bond motifs is 1. The maximum absolute atomic E-state index is 12.8. The van der Waals surface area contributed by atoms with Gasteiger partial charge in [0.05, 0.1) is 6.04 Å². The molecule has 0 aromatic heterocycles. The van der Waals surface area contributed by atoms with Gasteiger partial charge in [-0.15, -0.1) is 0 Å².